The van der Waals surface area contributed by atoms with Crippen molar-refractivity contribution >= 4 is 27.8 Å². The molecule has 1 aromatic rings. The van der Waals surface area contributed by atoms with Gasteiger partial charge in [-0.3, -0.25) is 14.9 Å². The van der Waals surface area contributed by atoms with Crippen LogP contribution in [0.15, 0.2) is 6.07 Å². The minimum absolute atomic E-state index is 0.0241. The molecule has 1 rings (SSSR count). The second kappa shape index (κ2) is 5.95. The Kier molecular flexibility index (Phi) is 4.84. The van der Waals surface area contributed by atoms with Crippen molar-refractivity contribution in [2.45, 2.75) is 27.2 Å². The monoisotopic (exact) mass is 270 g/mol. The fourth-order valence-electron chi connectivity index (χ4n) is 1.63. The second-order valence-corrected chi connectivity index (χ2v) is 5.54. The molecule has 0 fully saturated rings. The van der Waals surface area contributed by atoms with Gasteiger partial charge < -0.3 is 4.90 Å². The molecule has 0 saturated carbocycles. The molecule has 5 nitrogen and oxygen atoms in total. The van der Waals surface area contributed by atoms with Gasteiger partial charge in [0.15, 0.2) is 10.8 Å². The zero-order chi connectivity index (χ0) is 13.9. The number of hydrogen-bond acceptors (Lipinski definition) is 5. The van der Waals surface area contributed by atoms with Gasteiger partial charge in [-0.2, -0.15) is 0 Å². The molecule has 1 unspecified atom stereocenters. The number of nitro groups is 1. The van der Waals surface area contributed by atoms with Crippen molar-refractivity contribution in [2.75, 3.05) is 18.5 Å². The molecule has 1 heterocycles. The van der Waals surface area contributed by atoms with Crippen LogP contribution in [-0.2, 0) is 0 Å². The quantitative estimate of drug-likeness (QED) is 0.452. The summed E-state index contributed by atoms with van der Waals surface area (Å²) in [7, 11) is 1.83. The van der Waals surface area contributed by atoms with Crippen molar-refractivity contribution in [3.8, 4) is 0 Å². The number of hydrogen-bond donors (Lipinski definition) is 0. The van der Waals surface area contributed by atoms with Gasteiger partial charge in [-0.15, -0.1) is 11.3 Å². The maximum atomic E-state index is 11.3. The van der Waals surface area contributed by atoms with Gasteiger partial charge in [0.1, 0.15) is 0 Å². The molecule has 6 heteroatoms. The van der Waals surface area contributed by atoms with Crippen LogP contribution in [-0.4, -0.2) is 24.3 Å². The van der Waals surface area contributed by atoms with E-state index < -0.39 is 4.92 Å². The fraction of sp³-hybridized carbons (Fsp3) is 0.583. The number of rotatable bonds is 6. The van der Waals surface area contributed by atoms with E-state index in [4.69, 9.17) is 0 Å². The largest absolute Gasteiger partial charge is 0.361 e. The van der Waals surface area contributed by atoms with E-state index in [1.165, 1.54) is 24.3 Å². The Hall–Kier alpha value is -1.43. The van der Waals surface area contributed by atoms with Crippen LogP contribution in [0.5, 0.6) is 0 Å². The third-order valence-corrected chi connectivity index (χ3v) is 4.21. The van der Waals surface area contributed by atoms with E-state index >= 15 is 0 Å². The van der Waals surface area contributed by atoms with E-state index in [9.17, 15) is 14.9 Å². The summed E-state index contributed by atoms with van der Waals surface area (Å²) in [6.07, 6.45) is 1.02. The zero-order valence-electron chi connectivity index (χ0n) is 11.1. The van der Waals surface area contributed by atoms with Gasteiger partial charge in [-0.05, 0) is 12.8 Å². The first kappa shape index (κ1) is 14.6. The highest BCUT2D eigenvalue weighted by molar-refractivity contribution is 7.18. The van der Waals surface area contributed by atoms with Crippen LogP contribution in [0.2, 0.25) is 0 Å². The molecular formula is C12H18N2O3S. The van der Waals surface area contributed by atoms with Crippen LogP contribution in [0.1, 0.15) is 36.9 Å². The maximum Gasteiger partial charge on any atom is 0.304 e. The number of carbonyl (C=O) groups excluding carboxylic acids is 1. The third kappa shape index (κ3) is 3.29. The summed E-state index contributed by atoms with van der Waals surface area (Å²) in [5, 5.41) is 11.6. The Bertz CT molecular complexity index is 456. The highest BCUT2D eigenvalue weighted by Gasteiger charge is 2.24. The SMILES string of the molecule is CCC(C)CN(C)c1sc(C(C)=O)cc1[N+](=O)[O-]. The number of ketones is 1. The average molecular weight is 270 g/mol. The molecule has 100 valence electrons. The highest BCUT2D eigenvalue weighted by atomic mass is 32.1. The van der Waals surface area contributed by atoms with Gasteiger partial charge in [0.25, 0.3) is 0 Å². The summed E-state index contributed by atoms with van der Waals surface area (Å²) in [5.74, 6) is 0.323. The van der Waals surface area contributed by atoms with Crippen molar-refractivity contribution < 1.29 is 9.72 Å². The summed E-state index contributed by atoms with van der Waals surface area (Å²) >= 11 is 1.19. The molecule has 0 aliphatic carbocycles. The number of Topliss-reactive ketones (excluding diaryl/α,β-unsaturated/α-hetero) is 1. The van der Waals surface area contributed by atoms with Crippen LogP contribution in [0.25, 0.3) is 0 Å². The topological polar surface area (TPSA) is 63.5 Å². The second-order valence-electron chi connectivity index (χ2n) is 4.51. The molecule has 1 aromatic heterocycles. The summed E-state index contributed by atoms with van der Waals surface area (Å²) in [6, 6.07) is 1.37. The Morgan fingerprint density at radius 2 is 2.22 bits per heavy atom. The Labute approximate surface area is 111 Å². The summed E-state index contributed by atoms with van der Waals surface area (Å²) in [4.78, 5) is 24.2. The highest BCUT2D eigenvalue weighted by Crippen LogP contribution is 2.37. The summed E-state index contributed by atoms with van der Waals surface area (Å²) in [6.45, 7) is 6.35. The first-order chi connectivity index (χ1) is 8.36. The van der Waals surface area contributed by atoms with Crippen molar-refractivity contribution in [1.29, 1.82) is 0 Å². The number of anilines is 1. The minimum Gasteiger partial charge on any atom is -0.361 e. The van der Waals surface area contributed by atoms with E-state index in [2.05, 4.69) is 13.8 Å². The van der Waals surface area contributed by atoms with Crippen molar-refractivity contribution in [3.05, 3.63) is 21.1 Å². The average Bonchev–Trinajstić information content (AvgIpc) is 2.73. The van der Waals surface area contributed by atoms with Gasteiger partial charge in [0.2, 0.25) is 0 Å². The molecule has 0 saturated heterocycles. The van der Waals surface area contributed by atoms with E-state index in [-0.39, 0.29) is 11.5 Å². The molecule has 0 spiro atoms. The van der Waals surface area contributed by atoms with Crippen molar-refractivity contribution in [2.24, 2.45) is 5.92 Å². The van der Waals surface area contributed by atoms with Crippen LogP contribution < -0.4 is 4.90 Å². The maximum absolute atomic E-state index is 11.3. The van der Waals surface area contributed by atoms with Gasteiger partial charge in [-0.25, -0.2) is 0 Å². The predicted octanol–water partition coefficient (Wildman–Crippen LogP) is 3.34. The first-order valence-electron chi connectivity index (χ1n) is 5.87. The van der Waals surface area contributed by atoms with E-state index in [0.717, 1.165) is 13.0 Å². The van der Waals surface area contributed by atoms with Crippen molar-refractivity contribution in [1.82, 2.24) is 0 Å². The molecule has 0 radical (unpaired) electrons. The minimum atomic E-state index is -0.425. The van der Waals surface area contributed by atoms with E-state index in [0.29, 0.717) is 15.8 Å². The number of thiophene rings is 1. The van der Waals surface area contributed by atoms with Gasteiger partial charge in [-0.1, -0.05) is 20.3 Å². The Morgan fingerprint density at radius 3 is 2.67 bits per heavy atom. The van der Waals surface area contributed by atoms with E-state index in [1.807, 2.05) is 11.9 Å². The molecule has 0 aliphatic rings. The lowest BCUT2D eigenvalue weighted by Gasteiger charge is -2.20. The number of carbonyl (C=O) groups is 1. The summed E-state index contributed by atoms with van der Waals surface area (Å²) in [5.41, 5.74) is 0.0241. The Morgan fingerprint density at radius 1 is 1.61 bits per heavy atom. The predicted molar refractivity (Wildman–Crippen MR) is 73.7 cm³/mol. The van der Waals surface area contributed by atoms with Crippen LogP contribution in [0.4, 0.5) is 10.7 Å². The number of nitrogens with zero attached hydrogens (tertiary/aromatic N) is 2. The normalized spacial score (nSPS) is 12.2. The van der Waals surface area contributed by atoms with Gasteiger partial charge in [0, 0.05) is 19.7 Å². The summed E-state index contributed by atoms with van der Waals surface area (Å²) < 4.78 is 0. The molecule has 0 amide bonds. The zero-order valence-corrected chi connectivity index (χ0v) is 11.9. The standard InChI is InChI=1S/C12H18N2O3S/c1-5-8(2)7-13(4)12-10(14(16)17)6-11(18-12)9(3)15/h6,8H,5,7H2,1-4H3. The lowest BCUT2D eigenvalue weighted by atomic mass is 10.1. The molecule has 18 heavy (non-hydrogen) atoms. The van der Waals surface area contributed by atoms with Crippen LogP contribution in [0.3, 0.4) is 0 Å². The van der Waals surface area contributed by atoms with E-state index in [1.54, 1.807) is 0 Å². The molecule has 0 N–H and O–H groups in total. The molecule has 1 atom stereocenters. The Balaban J connectivity index is 3.05. The molecular weight excluding hydrogens is 252 g/mol. The van der Waals surface area contributed by atoms with Gasteiger partial charge in [0.05, 0.1) is 9.80 Å². The lowest BCUT2D eigenvalue weighted by molar-refractivity contribution is -0.383. The molecule has 0 bridgehead atoms. The lowest BCUT2D eigenvalue weighted by Crippen LogP contribution is -2.23. The fourth-order valence-corrected chi connectivity index (χ4v) is 2.62. The molecule has 0 aliphatic heterocycles. The smallest absolute Gasteiger partial charge is 0.304 e. The van der Waals surface area contributed by atoms with Crippen molar-refractivity contribution in [3.63, 3.8) is 0 Å². The molecule has 0 aromatic carbocycles. The first-order valence-corrected chi connectivity index (χ1v) is 6.68. The van der Waals surface area contributed by atoms with Crippen LogP contribution in [0, 0.1) is 16.0 Å². The van der Waals surface area contributed by atoms with Crippen LogP contribution >= 0.6 is 11.3 Å². The third-order valence-electron chi connectivity index (χ3n) is 2.87. The van der Waals surface area contributed by atoms with Gasteiger partial charge >= 0.3 is 5.69 Å².